The average molecular weight is 646 g/mol. The summed E-state index contributed by atoms with van der Waals surface area (Å²) in [6.45, 7) is 3.89. The number of hydrogen-bond donors (Lipinski definition) is 1. The van der Waals surface area contributed by atoms with E-state index in [1.807, 2.05) is 56.3 Å². The van der Waals surface area contributed by atoms with Crippen LogP contribution in [0.15, 0.2) is 65.1 Å². The van der Waals surface area contributed by atoms with Crippen LogP contribution in [0.25, 0.3) is 0 Å². The molecule has 4 rings (SSSR count). The fraction of sp³-hybridized carbons (Fsp3) is 0.375. The first-order valence-corrected chi connectivity index (χ1v) is 15.2. The number of aryl methyl sites for hydroxylation is 2. The predicted octanol–water partition coefficient (Wildman–Crippen LogP) is 7.84. The molecular weight excluding hydrogens is 611 g/mol. The quantitative estimate of drug-likeness (QED) is 0.244. The summed E-state index contributed by atoms with van der Waals surface area (Å²) in [7, 11) is 0. The molecule has 1 saturated carbocycles. The molecule has 8 heteroatoms. The van der Waals surface area contributed by atoms with E-state index in [2.05, 4.69) is 21.2 Å². The third kappa shape index (κ3) is 8.25. The lowest BCUT2D eigenvalue weighted by Gasteiger charge is -2.33. The van der Waals surface area contributed by atoms with Crippen molar-refractivity contribution in [2.24, 2.45) is 0 Å². The first-order valence-electron chi connectivity index (χ1n) is 13.7. The highest BCUT2D eigenvalue weighted by Crippen LogP contribution is 2.28. The highest BCUT2D eigenvalue weighted by Gasteiger charge is 2.32. The molecule has 0 radical (unpaired) electrons. The molecule has 0 saturated heterocycles. The van der Waals surface area contributed by atoms with E-state index in [0.717, 1.165) is 46.8 Å². The van der Waals surface area contributed by atoms with Crippen LogP contribution in [-0.4, -0.2) is 35.4 Å². The van der Waals surface area contributed by atoms with Gasteiger partial charge in [0.2, 0.25) is 5.91 Å². The Labute approximate surface area is 255 Å². The summed E-state index contributed by atoms with van der Waals surface area (Å²) in [4.78, 5) is 29.4. The van der Waals surface area contributed by atoms with Gasteiger partial charge in [-0.05, 0) is 73.2 Å². The Morgan fingerprint density at radius 3 is 2.33 bits per heavy atom. The molecule has 1 aliphatic carbocycles. The number of carbonyl (C=O) groups excluding carboxylic acids is 2. The van der Waals surface area contributed by atoms with Gasteiger partial charge in [0.15, 0.2) is 6.61 Å². The minimum Gasteiger partial charge on any atom is -0.484 e. The van der Waals surface area contributed by atoms with Crippen molar-refractivity contribution in [2.75, 3.05) is 6.61 Å². The number of carbonyl (C=O) groups is 2. The molecular formula is C32H35BrCl2N2O3. The normalized spacial score (nSPS) is 14.4. The number of nitrogens with one attached hydrogen (secondary N) is 1. The number of nitrogens with zero attached hydrogens (tertiary/aromatic N) is 1. The standard InChI is InChI=1S/C32H35BrCl2N2O3/c1-21-15-27(16-22(2)31(21)33)40-20-30(38)37(19-24-13-14-25(34)18-28(24)35)29(17-23-9-5-3-6-10-23)32(39)36-26-11-7-4-8-12-26/h3,5-6,9-10,13-16,18,26,29H,4,7-8,11-12,17,19-20H2,1-2H3,(H,36,39)/t29-/m0/s1. The van der Waals surface area contributed by atoms with Crippen LogP contribution < -0.4 is 10.1 Å². The van der Waals surface area contributed by atoms with Gasteiger partial charge in [0, 0.05) is 33.5 Å². The van der Waals surface area contributed by atoms with Crippen LogP contribution in [0, 0.1) is 13.8 Å². The second-order valence-electron chi connectivity index (χ2n) is 10.5. The second-order valence-corrected chi connectivity index (χ2v) is 12.1. The first kappa shape index (κ1) is 30.4. The maximum Gasteiger partial charge on any atom is 0.261 e. The van der Waals surface area contributed by atoms with Crippen molar-refractivity contribution >= 4 is 50.9 Å². The Morgan fingerprint density at radius 1 is 1.00 bits per heavy atom. The van der Waals surface area contributed by atoms with Gasteiger partial charge in [-0.25, -0.2) is 0 Å². The van der Waals surface area contributed by atoms with Crippen LogP contribution in [0.2, 0.25) is 10.0 Å². The molecule has 1 aliphatic rings. The molecule has 1 N–H and O–H groups in total. The summed E-state index contributed by atoms with van der Waals surface area (Å²) in [5, 5.41) is 4.19. The lowest BCUT2D eigenvalue weighted by molar-refractivity contribution is -0.143. The van der Waals surface area contributed by atoms with E-state index in [9.17, 15) is 9.59 Å². The molecule has 1 fully saturated rings. The molecule has 0 spiro atoms. The number of benzene rings is 3. The van der Waals surface area contributed by atoms with Gasteiger partial charge in [0.05, 0.1) is 0 Å². The summed E-state index contributed by atoms with van der Waals surface area (Å²) in [6, 6.07) is 18.1. The van der Waals surface area contributed by atoms with Gasteiger partial charge in [0.1, 0.15) is 11.8 Å². The van der Waals surface area contributed by atoms with Gasteiger partial charge in [-0.1, -0.05) is 94.8 Å². The third-order valence-corrected chi connectivity index (χ3v) is 9.19. The van der Waals surface area contributed by atoms with Crippen molar-refractivity contribution in [2.45, 2.75) is 71.0 Å². The Bertz CT molecular complexity index is 1310. The highest BCUT2D eigenvalue weighted by molar-refractivity contribution is 9.10. The van der Waals surface area contributed by atoms with E-state index in [1.165, 1.54) is 6.42 Å². The number of amides is 2. The van der Waals surface area contributed by atoms with E-state index >= 15 is 0 Å². The van der Waals surface area contributed by atoms with Gasteiger partial charge in [-0.3, -0.25) is 9.59 Å². The molecule has 0 heterocycles. The van der Waals surface area contributed by atoms with Crippen molar-refractivity contribution in [3.05, 3.63) is 97.4 Å². The average Bonchev–Trinajstić information content (AvgIpc) is 2.94. The van der Waals surface area contributed by atoms with Gasteiger partial charge in [-0.2, -0.15) is 0 Å². The maximum absolute atomic E-state index is 13.9. The molecule has 40 heavy (non-hydrogen) atoms. The molecule has 0 bridgehead atoms. The number of halogens is 3. The van der Waals surface area contributed by atoms with Crippen LogP contribution in [-0.2, 0) is 22.6 Å². The fourth-order valence-electron chi connectivity index (χ4n) is 5.15. The number of hydrogen-bond acceptors (Lipinski definition) is 3. The van der Waals surface area contributed by atoms with E-state index in [-0.39, 0.29) is 31.0 Å². The molecule has 0 aromatic heterocycles. The smallest absolute Gasteiger partial charge is 0.261 e. The maximum atomic E-state index is 13.9. The van der Waals surface area contributed by atoms with Crippen molar-refractivity contribution in [3.8, 4) is 5.75 Å². The van der Waals surface area contributed by atoms with Crippen LogP contribution in [0.3, 0.4) is 0 Å². The molecule has 0 unspecified atom stereocenters. The van der Waals surface area contributed by atoms with Crippen molar-refractivity contribution in [1.82, 2.24) is 10.2 Å². The van der Waals surface area contributed by atoms with Crippen molar-refractivity contribution < 1.29 is 14.3 Å². The van der Waals surface area contributed by atoms with E-state index in [0.29, 0.717) is 27.8 Å². The van der Waals surface area contributed by atoms with Crippen LogP contribution in [0.1, 0.15) is 54.4 Å². The lowest BCUT2D eigenvalue weighted by Crippen LogP contribution is -2.53. The zero-order chi connectivity index (χ0) is 28.6. The second kappa shape index (κ2) is 14.4. The van der Waals surface area contributed by atoms with E-state index in [1.54, 1.807) is 23.1 Å². The Hall–Kier alpha value is -2.54. The van der Waals surface area contributed by atoms with Gasteiger partial charge in [-0.15, -0.1) is 0 Å². The van der Waals surface area contributed by atoms with Crippen LogP contribution >= 0.6 is 39.1 Å². The van der Waals surface area contributed by atoms with Gasteiger partial charge < -0.3 is 15.0 Å². The van der Waals surface area contributed by atoms with Crippen molar-refractivity contribution in [1.29, 1.82) is 0 Å². The molecule has 212 valence electrons. The first-order chi connectivity index (χ1) is 19.2. The molecule has 1 atom stereocenters. The molecule has 5 nitrogen and oxygen atoms in total. The molecule has 2 amide bonds. The Kier molecular flexibility index (Phi) is 10.9. The summed E-state index contributed by atoms with van der Waals surface area (Å²) < 4.78 is 6.99. The number of rotatable bonds is 10. The predicted molar refractivity (Wildman–Crippen MR) is 165 cm³/mol. The van der Waals surface area contributed by atoms with Crippen LogP contribution in [0.4, 0.5) is 0 Å². The summed E-state index contributed by atoms with van der Waals surface area (Å²) in [5.74, 6) is 0.135. The summed E-state index contributed by atoms with van der Waals surface area (Å²) >= 11 is 16.3. The van der Waals surface area contributed by atoms with Gasteiger partial charge >= 0.3 is 0 Å². The molecule has 3 aromatic rings. The van der Waals surface area contributed by atoms with Crippen LogP contribution in [0.5, 0.6) is 5.75 Å². The minimum atomic E-state index is -0.749. The largest absolute Gasteiger partial charge is 0.484 e. The fourth-order valence-corrected chi connectivity index (χ4v) is 5.85. The highest BCUT2D eigenvalue weighted by atomic mass is 79.9. The molecule has 0 aliphatic heterocycles. The lowest BCUT2D eigenvalue weighted by atomic mass is 9.94. The number of ether oxygens (including phenoxy) is 1. The monoisotopic (exact) mass is 644 g/mol. The zero-order valence-electron chi connectivity index (χ0n) is 22.9. The molecule has 3 aromatic carbocycles. The topological polar surface area (TPSA) is 58.6 Å². The third-order valence-electron chi connectivity index (χ3n) is 7.35. The Morgan fingerprint density at radius 2 is 1.68 bits per heavy atom. The van der Waals surface area contributed by atoms with E-state index < -0.39 is 6.04 Å². The SMILES string of the molecule is Cc1cc(OCC(=O)N(Cc2ccc(Cl)cc2Cl)[C@@H](Cc2ccccc2)C(=O)NC2CCCCC2)cc(C)c1Br. The van der Waals surface area contributed by atoms with Crippen molar-refractivity contribution in [3.63, 3.8) is 0 Å². The van der Waals surface area contributed by atoms with Gasteiger partial charge in [0.25, 0.3) is 5.91 Å². The summed E-state index contributed by atoms with van der Waals surface area (Å²) in [5.41, 5.74) is 3.70. The van der Waals surface area contributed by atoms with E-state index in [4.69, 9.17) is 27.9 Å². The zero-order valence-corrected chi connectivity index (χ0v) is 26.0. The summed E-state index contributed by atoms with van der Waals surface area (Å²) in [6.07, 6.45) is 5.64. The Balaban J connectivity index is 1.64. The minimum absolute atomic E-state index is 0.112.